The molecule has 18 heavy (non-hydrogen) atoms. The average molecular weight is 316 g/mol. The first-order valence-electron chi connectivity index (χ1n) is 6.62. The summed E-state index contributed by atoms with van der Waals surface area (Å²) in [4.78, 5) is 0. The van der Waals surface area contributed by atoms with Crippen LogP contribution in [0.15, 0.2) is 4.47 Å². The van der Waals surface area contributed by atoms with E-state index in [1.54, 1.807) is 0 Å². The SMILES string of the molecule is CCc1nn(C)c(CC(N)C2CCOC2C)c1Br. The molecule has 0 aliphatic carbocycles. The number of nitrogens with two attached hydrogens (primary N) is 1. The van der Waals surface area contributed by atoms with E-state index in [0.717, 1.165) is 36.0 Å². The first kappa shape index (κ1) is 14.0. The maximum Gasteiger partial charge on any atom is 0.0766 e. The van der Waals surface area contributed by atoms with Gasteiger partial charge in [0.15, 0.2) is 0 Å². The molecule has 4 nitrogen and oxygen atoms in total. The van der Waals surface area contributed by atoms with Crippen molar-refractivity contribution in [2.24, 2.45) is 18.7 Å². The summed E-state index contributed by atoms with van der Waals surface area (Å²) in [5, 5.41) is 4.51. The van der Waals surface area contributed by atoms with E-state index in [2.05, 4.69) is 34.9 Å². The Bertz CT molecular complexity index is 419. The number of aryl methyl sites for hydroxylation is 2. The van der Waals surface area contributed by atoms with Gasteiger partial charge in [0.2, 0.25) is 0 Å². The summed E-state index contributed by atoms with van der Waals surface area (Å²) in [7, 11) is 1.99. The monoisotopic (exact) mass is 315 g/mol. The number of hydrogen-bond acceptors (Lipinski definition) is 3. The molecule has 102 valence electrons. The van der Waals surface area contributed by atoms with Crippen molar-refractivity contribution in [1.29, 1.82) is 0 Å². The van der Waals surface area contributed by atoms with E-state index in [1.807, 2.05) is 11.7 Å². The van der Waals surface area contributed by atoms with Gasteiger partial charge in [0.25, 0.3) is 0 Å². The number of aromatic nitrogens is 2. The van der Waals surface area contributed by atoms with Gasteiger partial charge in [-0.2, -0.15) is 5.10 Å². The molecule has 2 N–H and O–H groups in total. The van der Waals surface area contributed by atoms with E-state index in [-0.39, 0.29) is 12.1 Å². The van der Waals surface area contributed by atoms with Gasteiger partial charge in [-0.1, -0.05) is 6.92 Å². The highest BCUT2D eigenvalue weighted by Gasteiger charge is 2.30. The second-order valence-electron chi connectivity index (χ2n) is 5.08. The number of rotatable bonds is 4. The Labute approximate surface area is 117 Å². The van der Waals surface area contributed by atoms with E-state index in [4.69, 9.17) is 10.5 Å². The first-order valence-corrected chi connectivity index (χ1v) is 7.41. The summed E-state index contributed by atoms with van der Waals surface area (Å²) in [6.07, 6.45) is 3.13. The first-order chi connectivity index (χ1) is 8.54. The fraction of sp³-hybridized carbons (Fsp3) is 0.769. The Balaban J connectivity index is 2.11. The van der Waals surface area contributed by atoms with Crippen molar-refractivity contribution >= 4 is 15.9 Å². The highest BCUT2D eigenvalue weighted by Crippen LogP contribution is 2.28. The summed E-state index contributed by atoms with van der Waals surface area (Å²) in [5.74, 6) is 0.455. The molecule has 5 heteroatoms. The highest BCUT2D eigenvalue weighted by atomic mass is 79.9. The van der Waals surface area contributed by atoms with Gasteiger partial charge in [0.05, 0.1) is 22.0 Å². The van der Waals surface area contributed by atoms with E-state index in [9.17, 15) is 0 Å². The quantitative estimate of drug-likeness (QED) is 0.925. The Kier molecular flexibility index (Phi) is 4.45. The lowest BCUT2D eigenvalue weighted by Crippen LogP contribution is -2.36. The van der Waals surface area contributed by atoms with E-state index in [1.165, 1.54) is 5.69 Å². The zero-order chi connectivity index (χ0) is 13.3. The largest absolute Gasteiger partial charge is 0.378 e. The van der Waals surface area contributed by atoms with Crippen molar-refractivity contribution in [2.75, 3.05) is 6.61 Å². The van der Waals surface area contributed by atoms with Crippen LogP contribution in [0.4, 0.5) is 0 Å². The van der Waals surface area contributed by atoms with Crippen LogP contribution in [-0.2, 0) is 24.6 Å². The molecule has 1 aromatic rings. The standard InChI is InChI=1S/C13H22BrN3O/c1-4-11-13(14)12(17(3)16-11)7-10(15)9-5-6-18-8(9)2/h8-10H,4-7,15H2,1-3H3. The fourth-order valence-corrected chi connectivity index (χ4v) is 3.50. The third kappa shape index (κ3) is 2.63. The van der Waals surface area contributed by atoms with Gasteiger partial charge in [-0.15, -0.1) is 0 Å². The van der Waals surface area contributed by atoms with Crippen molar-refractivity contribution < 1.29 is 4.74 Å². The van der Waals surface area contributed by atoms with Crippen LogP contribution in [0, 0.1) is 5.92 Å². The van der Waals surface area contributed by atoms with Gasteiger partial charge in [-0.25, -0.2) is 0 Å². The van der Waals surface area contributed by atoms with Crippen LogP contribution in [0.5, 0.6) is 0 Å². The van der Waals surface area contributed by atoms with Gasteiger partial charge in [0.1, 0.15) is 0 Å². The Morgan fingerprint density at radius 3 is 2.83 bits per heavy atom. The van der Waals surface area contributed by atoms with Crippen molar-refractivity contribution in [1.82, 2.24) is 9.78 Å². The molecule has 3 atom stereocenters. The minimum atomic E-state index is 0.138. The lowest BCUT2D eigenvalue weighted by atomic mass is 9.91. The molecule has 1 aromatic heterocycles. The maximum absolute atomic E-state index is 6.35. The van der Waals surface area contributed by atoms with Crippen molar-refractivity contribution in [2.45, 2.75) is 45.3 Å². The molecule has 1 saturated heterocycles. The van der Waals surface area contributed by atoms with Crippen LogP contribution in [0.25, 0.3) is 0 Å². The molecule has 1 fully saturated rings. The van der Waals surface area contributed by atoms with Crippen LogP contribution in [-0.4, -0.2) is 28.5 Å². The molecule has 0 saturated carbocycles. The van der Waals surface area contributed by atoms with Gasteiger partial charge in [-0.3, -0.25) is 4.68 Å². The number of halogens is 1. The fourth-order valence-electron chi connectivity index (χ4n) is 2.73. The molecule has 2 rings (SSSR count). The average Bonchev–Trinajstić information content (AvgIpc) is 2.87. The van der Waals surface area contributed by atoms with Crippen molar-refractivity contribution in [3.8, 4) is 0 Å². The normalized spacial score (nSPS) is 25.6. The summed E-state index contributed by atoms with van der Waals surface area (Å²) < 4.78 is 8.66. The van der Waals surface area contributed by atoms with Crippen LogP contribution >= 0.6 is 15.9 Å². The molecule has 1 aliphatic heterocycles. The second kappa shape index (κ2) is 5.72. The zero-order valence-corrected chi connectivity index (χ0v) is 12.9. The second-order valence-corrected chi connectivity index (χ2v) is 5.87. The van der Waals surface area contributed by atoms with E-state index >= 15 is 0 Å². The van der Waals surface area contributed by atoms with Gasteiger partial charge in [-0.05, 0) is 35.7 Å². The molecule has 0 aromatic carbocycles. The summed E-state index contributed by atoms with van der Waals surface area (Å²) in [6, 6.07) is 0.138. The minimum Gasteiger partial charge on any atom is -0.378 e. The van der Waals surface area contributed by atoms with E-state index in [0.29, 0.717) is 5.92 Å². The Morgan fingerprint density at radius 1 is 1.61 bits per heavy atom. The minimum absolute atomic E-state index is 0.138. The Morgan fingerprint density at radius 2 is 2.33 bits per heavy atom. The molecule has 0 amide bonds. The topological polar surface area (TPSA) is 53.1 Å². The van der Waals surface area contributed by atoms with Gasteiger partial charge >= 0.3 is 0 Å². The predicted octanol–water partition coefficient (Wildman–Crippen LogP) is 2.04. The zero-order valence-electron chi connectivity index (χ0n) is 11.3. The third-order valence-corrected chi connectivity index (χ3v) is 4.83. The van der Waals surface area contributed by atoms with Gasteiger partial charge < -0.3 is 10.5 Å². The Hall–Kier alpha value is -0.390. The van der Waals surface area contributed by atoms with Crippen LogP contribution in [0.1, 0.15) is 31.7 Å². The number of hydrogen-bond donors (Lipinski definition) is 1. The molecule has 0 bridgehead atoms. The van der Waals surface area contributed by atoms with Crippen molar-refractivity contribution in [3.63, 3.8) is 0 Å². The summed E-state index contributed by atoms with van der Waals surface area (Å²) in [6.45, 7) is 5.07. The molecule has 0 radical (unpaired) electrons. The van der Waals surface area contributed by atoms with Crippen LogP contribution in [0.3, 0.4) is 0 Å². The summed E-state index contributed by atoms with van der Waals surface area (Å²) >= 11 is 3.64. The predicted molar refractivity (Wildman–Crippen MR) is 75.5 cm³/mol. The summed E-state index contributed by atoms with van der Waals surface area (Å²) in [5.41, 5.74) is 8.65. The highest BCUT2D eigenvalue weighted by molar-refractivity contribution is 9.10. The van der Waals surface area contributed by atoms with Crippen LogP contribution in [0.2, 0.25) is 0 Å². The van der Waals surface area contributed by atoms with Crippen molar-refractivity contribution in [3.05, 3.63) is 15.9 Å². The number of ether oxygens (including phenoxy) is 1. The van der Waals surface area contributed by atoms with Crippen LogP contribution < -0.4 is 5.73 Å². The third-order valence-electron chi connectivity index (χ3n) is 3.92. The lowest BCUT2D eigenvalue weighted by Gasteiger charge is -2.22. The van der Waals surface area contributed by atoms with Gasteiger partial charge in [0, 0.05) is 32.0 Å². The number of nitrogens with zero attached hydrogens (tertiary/aromatic N) is 2. The molecule has 1 aliphatic rings. The molecule has 3 unspecified atom stereocenters. The molecular formula is C13H22BrN3O. The smallest absolute Gasteiger partial charge is 0.0766 e. The molecule has 0 spiro atoms. The molecule has 2 heterocycles. The lowest BCUT2D eigenvalue weighted by molar-refractivity contribution is 0.0993. The molecular weight excluding hydrogens is 294 g/mol. The van der Waals surface area contributed by atoms with E-state index < -0.39 is 0 Å². The maximum atomic E-state index is 6.35.